The summed E-state index contributed by atoms with van der Waals surface area (Å²) in [5.41, 5.74) is 0.915. The molecule has 0 aliphatic carbocycles. The van der Waals surface area contributed by atoms with Gasteiger partial charge in [-0.05, 0) is 53.8 Å². The van der Waals surface area contributed by atoms with Crippen LogP contribution >= 0.6 is 24.8 Å². The number of aromatic nitrogens is 1. The molecule has 2 aromatic heterocycles. The molecule has 0 spiro atoms. The first-order valence-electron chi connectivity index (χ1n) is 9.30. The maximum absolute atomic E-state index is 14.4. The van der Waals surface area contributed by atoms with Crippen molar-refractivity contribution in [3.8, 4) is 0 Å². The zero-order chi connectivity index (χ0) is 22.1. The topological polar surface area (TPSA) is 106 Å². The third-order valence-electron chi connectivity index (χ3n) is 4.47. The summed E-state index contributed by atoms with van der Waals surface area (Å²) in [4.78, 5) is 16.8. The van der Waals surface area contributed by atoms with E-state index in [4.69, 9.17) is 5.14 Å². The molecule has 0 aliphatic heterocycles. The fourth-order valence-electron chi connectivity index (χ4n) is 3.03. The lowest BCUT2D eigenvalue weighted by Crippen LogP contribution is -2.17. The molecule has 0 aliphatic rings. The second-order valence-corrected chi connectivity index (χ2v) is 11.1. The average molecular weight is 476 g/mol. The Bertz CT molecular complexity index is 1030. The fourth-order valence-corrected chi connectivity index (χ4v) is 5.39. The number of nitrogens with two attached hydrogens (primary N) is 1. The Kier molecular flexibility index (Phi) is 8.78. The van der Waals surface area contributed by atoms with E-state index >= 15 is 0 Å². The highest BCUT2D eigenvalue weighted by atomic mass is 32.2. The van der Waals surface area contributed by atoms with E-state index in [1.807, 2.05) is 27.7 Å². The second-order valence-electron chi connectivity index (χ2n) is 8.14. The summed E-state index contributed by atoms with van der Waals surface area (Å²) in [6.45, 7) is 10.7. The minimum atomic E-state index is -3.48. The van der Waals surface area contributed by atoms with Crippen molar-refractivity contribution < 1.29 is 18.5 Å². The Hall–Kier alpha value is -1.33. The predicted octanol–water partition coefficient (Wildman–Crippen LogP) is 4.34. The molecule has 2 rings (SSSR count). The number of hydrogen-bond acceptors (Lipinski definition) is 5. The molecule has 0 saturated heterocycles. The van der Waals surface area contributed by atoms with Crippen LogP contribution in [0.4, 0.5) is 4.39 Å². The average Bonchev–Trinajstić information content (AvgIpc) is 3.04. The highest BCUT2D eigenvalue weighted by Gasteiger charge is 2.24. The van der Waals surface area contributed by atoms with Crippen LogP contribution in [0.1, 0.15) is 75.8 Å². The van der Waals surface area contributed by atoms with Gasteiger partial charge in [-0.15, -0.1) is 15.7 Å². The fraction of sp³-hybridized carbons (Fsp3) is 0.500. The molecule has 1 atom stereocenters. The van der Waals surface area contributed by atoms with E-state index < -0.39 is 27.2 Å². The molecular weight excluding hydrogens is 445 g/mol. The van der Waals surface area contributed by atoms with Gasteiger partial charge in [0.2, 0.25) is 0 Å². The van der Waals surface area contributed by atoms with Gasteiger partial charge >= 0.3 is 0 Å². The van der Waals surface area contributed by atoms with Crippen LogP contribution in [0.15, 0.2) is 26.2 Å². The lowest BCUT2D eigenvalue weighted by molar-refractivity contribution is -0.117. The number of carbonyl (C=O) groups is 1. The molecule has 1 amide bonds. The molecule has 0 aromatic carbocycles. The Morgan fingerprint density at radius 1 is 1.33 bits per heavy atom. The Morgan fingerprint density at radius 3 is 2.40 bits per heavy atom. The van der Waals surface area contributed by atoms with Crippen LogP contribution in [0.25, 0.3) is 0 Å². The van der Waals surface area contributed by atoms with E-state index in [0.717, 1.165) is 11.3 Å². The molecule has 10 heteroatoms. The predicted molar refractivity (Wildman–Crippen MR) is 124 cm³/mol. The number of halogens is 1. The summed E-state index contributed by atoms with van der Waals surface area (Å²) >= 11 is 1.07. The number of rotatable bonds is 6. The van der Waals surface area contributed by atoms with Crippen molar-refractivity contribution in [2.45, 2.75) is 69.6 Å². The molecule has 2 heterocycles. The molecule has 2 aromatic rings. The van der Waals surface area contributed by atoms with E-state index in [1.54, 1.807) is 19.2 Å². The normalized spacial score (nSPS) is 13.8. The van der Waals surface area contributed by atoms with Gasteiger partial charge in [0.15, 0.2) is 9.92 Å². The third-order valence-corrected chi connectivity index (χ3v) is 7.36. The quantitative estimate of drug-likeness (QED) is 0.648. The van der Waals surface area contributed by atoms with Crippen LogP contribution in [0.2, 0.25) is 0 Å². The largest absolute Gasteiger partial charge is 0.386 e. The molecule has 0 fully saturated rings. The van der Waals surface area contributed by atoms with Crippen molar-refractivity contribution in [2.24, 2.45) is 9.50 Å². The van der Waals surface area contributed by atoms with Crippen molar-refractivity contribution in [1.82, 2.24) is 4.98 Å². The first-order chi connectivity index (χ1) is 13.2. The van der Waals surface area contributed by atoms with Crippen LogP contribution in [-0.4, -0.2) is 20.2 Å². The third kappa shape index (κ3) is 6.10. The lowest BCUT2D eigenvalue weighted by Gasteiger charge is -2.18. The Morgan fingerprint density at radius 2 is 1.93 bits per heavy atom. The molecule has 0 bridgehead atoms. The van der Waals surface area contributed by atoms with Crippen molar-refractivity contribution in [2.75, 3.05) is 0 Å². The summed E-state index contributed by atoms with van der Waals surface area (Å²) in [6, 6.07) is 1.49. The van der Waals surface area contributed by atoms with Gasteiger partial charge in [0.25, 0.3) is 5.91 Å². The number of nitrogens with zero attached hydrogens (tertiary/aromatic N) is 2. The molecule has 3 N–H and O–H groups in total. The van der Waals surface area contributed by atoms with Crippen molar-refractivity contribution >= 4 is 40.7 Å². The number of hydrogen-bond donors (Lipinski definition) is 2. The van der Waals surface area contributed by atoms with E-state index in [2.05, 4.69) is 9.35 Å². The molecule has 6 nitrogen and oxygen atoms in total. The van der Waals surface area contributed by atoms with Crippen molar-refractivity contribution in [3.63, 3.8) is 0 Å². The molecule has 0 saturated carbocycles. The molecular formula is C20H30FN3O3S3. The number of carbonyl (C=O) groups excluding carboxylic acids is 1. The van der Waals surface area contributed by atoms with Crippen LogP contribution in [-0.2, 0) is 26.7 Å². The lowest BCUT2D eigenvalue weighted by atomic mass is 9.90. The van der Waals surface area contributed by atoms with Gasteiger partial charge in [-0.2, -0.15) is 13.5 Å². The number of aliphatic hydroxyl groups is 1. The van der Waals surface area contributed by atoms with Crippen LogP contribution < -0.4 is 5.14 Å². The van der Waals surface area contributed by atoms with Gasteiger partial charge in [0.1, 0.15) is 10.0 Å². The summed E-state index contributed by atoms with van der Waals surface area (Å²) in [5, 5.41) is 17.6. The van der Waals surface area contributed by atoms with Gasteiger partial charge in [-0.1, -0.05) is 27.7 Å². The van der Waals surface area contributed by atoms with Gasteiger partial charge in [0.05, 0.1) is 18.2 Å². The van der Waals surface area contributed by atoms with Crippen molar-refractivity contribution in [1.29, 1.82) is 0 Å². The molecule has 0 radical (unpaired) electrons. The zero-order valence-electron chi connectivity index (χ0n) is 18.0. The van der Waals surface area contributed by atoms with Crippen LogP contribution in [0.5, 0.6) is 0 Å². The summed E-state index contributed by atoms with van der Waals surface area (Å²) in [7, 11) is -3.48. The number of thiophene rings is 1. The van der Waals surface area contributed by atoms with E-state index in [1.165, 1.54) is 12.3 Å². The van der Waals surface area contributed by atoms with E-state index in [9.17, 15) is 18.5 Å². The van der Waals surface area contributed by atoms with Crippen molar-refractivity contribution in [3.05, 3.63) is 45.8 Å². The Balaban J connectivity index is 0.00000450. The summed E-state index contributed by atoms with van der Waals surface area (Å²) in [5.74, 6) is -1.36. The van der Waals surface area contributed by atoms with Gasteiger partial charge < -0.3 is 5.11 Å². The van der Waals surface area contributed by atoms with Crippen LogP contribution in [0, 0.1) is 5.82 Å². The highest BCUT2D eigenvalue weighted by Crippen LogP contribution is 2.30. The van der Waals surface area contributed by atoms with Crippen LogP contribution in [0.3, 0.4) is 0 Å². The maximum atomic E-state index is 14.4. The van der Waals surface area contributed by atoms with Gasteiger partial charge in [-0.3, -0.25) is 9.78 Å². The van der Waals surface area contributed by atoms with E-state index in [0.29, 0.717) is 22.4 Å². The minimum absolute atomic E-state index is 0. The number of amides is 1. The molecule has 30 heavy (non-hydrogen) atoms. The second kappa shape index (κ2) is 9.86. The molecule has 168 valence electrons. The number of pyridine rings is 1. The Labute approximate surface area is 188 Å². The molecule has 1 unspecified atom stereocenters. The minimum Gasteiger partial charge on any atom is -0.386 e. The standard InChI is InChI=1S/C20H28FN3O3S2.H2S/c1-11(2)18-14(19(12(3)4)23-9-15(18)21)8-16(25)24-29(22,27)17-7-13(10-28-17)20(5,6)26;/h7,9-12,26H,8H2,1-6H3,(H2,22,24,25,27);1H2. The smallest absolute Gasteiger partial charge is 0.259 e. The monoisotopic (exact) mass is 475 g/mol. The SMILES string of the molecule is CC(C)c1ncc(F)c(C(C)C)c1CC(=O)N=S(N)(=O)c1cc(C(C)(C)O)cs1.S. The first kappa shape index (κ1) is 26.7. The highest BCUT2D eigenvalue weighted by molar-refractivity contribution is 7.93. The van der Waals surface area contributed by atoms with Gasteiger partial charge in [-0.25, -0.2) is 13.7 Å². The first-order valence-corrected chi connectivity index (χ1v) is 11.8. The summed E-state index contributed by atoms with van der Waals surface area (Å²) in [6.07, 6.45) is 0.940. The summed E-state index contributed by atoms with van der Waals surface area (Å²) < 4.78 is 31.2. The van der Waals surface area contributed by atoms with Gasteiger partial charge in [0, 0.05) is 5.69 Å². The van der Waals surface area contributed by atoms with E-state index in [-0.39, 0.29) is 36.0 Å². The maximum Gasteiger partial charge on any atom is 0.259 e. The zero-order valence-corrected chi connectivity index (χ0v) is 20.7.